The van der Waals surface area contributed by atoms with Crippen molar-refractivity contribution < 1.29 is 21.6 Å². The maximum atomic E-state index is 12.9. The van der Waals surface area contributed by atoms with Crippen molar-refractivity contribution in [3.8, 4) is 0 Å². The summed E-state index contributed by atoms with van der Waals surface area (Å²) in [5, 5.41) is 3.15. The topological polar surface area (TPSA) is 58.2 Å². The van der Waals surface area contributed by atoms with E-state index < -0.39 is 27.5 Å². The van der Waals surface area contributed by atoms with Gasteiger partial charge in [-0.25, -0.2) is 13.1 Å². The molecule has 2 atom stereocenters. The molecule has 0 amide bonds. The Morgan fingerprint density at radius 3 is 2.64 bits per heavy atom. The smallest absolute Gasteiger partial charge is 0.313 e. The summed E-state index contributed by atoms with van der Waals surface area (Å²) in [5.41, 5.74) is -1.14. The van der Waals surface area contributed by atoms with Crippen LogP contribution in [0.4, 0.5) is 13.2 Å². The number of sulfonamides is 1. The van der Waals surface area contributed by atoms with Gasteiger partial charge < -0.3 is 5.32 Å². The van der Waals surface area contributed by atoms with Gasteiger partial charge in [0.05, 0.1) is 11.3 Å². The summed E-state index contributed by atoms with van der Waals surface area (Å²) < 4.78 is 65.6. The Morgan fingerprint density at radius 2 is 2.00 bits per heavy atom. The minimum absolute atomic E-state index is 0.0404. The molecule has 2 N–H and O–H groups in total. The zero-order valence-electron chi connectivity index (χ0n) is 12.2. The third kappa shape index (κ3) is 4.44. The summed E-state index contributed by atoms with van der Waals surface area (Å²) in [6.45, 7) is 2.67. The van der Waals surface area contributed by atoms with Crippen LogP contribution in [0.1, 0.15) is 30.9 Å². The second-order valence-electron chi connectivity index (χ2n) is 5.52. The maximum Gasteiger partial charge on any atom is 0.416 e. The van der Waals surface area contributed by atoms with Gasteiger partial charge in [-0.15, -0.1) is 0 Å². The molecule has 1 aromatic carbocycles. The Morgan fingerprint density at radius 1 is 1.32 bits per heavy atom. The van der Waals surface area contributed by atoms with Crippen molar-refractivity contribution in [3.05, 3.63) is 35.4 Å². The number of rotatable bonds is 4. The van der Waals surface area contributed by atoms with Crippen LogP contribution in [0, 0.1) is 0 Å². The highest BCUT2D eigenvalue weighted by Gasteiger charge is 2.34. The second kappa shape index (κ2) is 6.55. The normalized spacial score (nSPS) is 23.5. The number of nitrogens with one attached hydrogen (secondary N) is 2. The molecule has 0 saturated carbocycles. The van der Waals surface area contributed by atoms with Gasteiger partial charge in [0, 0.05) is 12.1 Å². The van der Waals surface area contributed by atoms with Crippen LogP contribution in [0.25, 0.3) is 0 Å². The third-order valence-electron chi connectivity index (χ3n) is 3.76. The molecule has 0 aliphatic carbocycles. The summed E-state index contributed by atoms with van der Waals surface area (Å²) >= 11 is 0. The molecule has 124 valence electrons. The van der Waals surface area contributed by atoms with Crippen molar-refractivity contribution in [3.63, 3.8) is 0 Å². The number of alkyl halides is 3. The lowest BCUT2D eigenvalue weighted by atomic mass is 10.0. The molecule has 0 aromatic heterocycles. The van der Waals surface area contributed by atoms with Crippen LogP contribution < -0.4 is 10.0 Å². The lowest BCUT2D eigenvalue weighted by Gasteiger charge is -2.30. The fraction of sp³-hybridized carbons (Fsp3) is 0.571. The highest BCUT2D eigenvalue weighted by atomic mass is 32.2. The Balaban J connectivity index is 2.16. The molecule has 1 heterocycles. The van der Waals surface area contributed by atoms with Gasteiger partial charge in [-0.2, -0.15) is 13.2 Å². The van der Waals surface area contributed by atoms with E-state index in [0.29, 0.717) is 6.42 Å². The Kier molecular flexibility index (Phi) is 5.14. The van der Waals surface area contributed by atoms with Gasteiger partial charge in [-0.3, -0.25) is 0 Å². The fourth-order valence-electron chi connectivity index (χ4n) is 2.60. The van der Waals surface area contributed by atoms with E-state index in [9.17, 15) is 21.6 Å². The van der Waals surface area contributed by atoms with E-state index in [1.165, 1.54) is 18.2 Å². The van der Waals surface area contributed by atoms with E-state index in [1.54, 1.807) is 0 Å². The molecule has 0 spiro atoms. The Bertz CT molecular complexity index is 617. The van der Waals surface area contributed by atoms with Crippen molar-refractivity contribution in [2.45, 2.75) is 43.8 Å². The monoisotopic (exact) mass is 336 g/mol. The van der Waals surface area contributed by atoms with Gasteiger partial charge in [0.15, 0.2) is 0 Å². The zero-order chi connectivity index (χ0) is 16.4. The van der Waals surface area contributed by atoms with Crippen LogP contribution in [0.5, 0.6) is 0 Å². The van der Waals surface area contributed by atoms with E-state index in [1.807, 2.05) is 6.92 Å². The fourth-order valence-corrected chi connectivity index (χ4v) is 4.13. The minimum Gasteiger partial charge on any atom is -0.313 e. The van der Waals surface area contributed by atoms with Crippen molar-refractivity contribution >= 4 is 10.0 Å². The number of hydrogen-bond donors (Lipinski definition) is 2. The molecule has 1 aliphatic heterocycles. The highest BCUT2D eigenvalue weighted by molar-refractivity contribution is 7.88. The molecule has 2 unspecified atom stereocenters. The van der Waals surface area contributed by atoms with E-state index in [4.69, 9.17) is 0 Å². The van der Waals surface area contributed by atoms with E-state index in [2.05, 4.69) is 10.0 Å². The Labute approximate surface area is 128 Å². The molecule has 1 aromatic rings. The second-order valence-corrected chi connectivity index (χ2v) is 7.28. The van der Waals surface area contributed by atoms with Crippen LogP contribution in [0.3, 0.4) is 0 Å². The SMILES string of the molecule is CC1NCCCC1NS(=O)(=O)Cc1ccccc1C(F)(F)F. The molecule has 0 radical (unpaired) electrons. The molecule has 8 heteroatoms. The standard InChI is InChI=1S/C14H19F3N2O2S/c1-10-13(7-4-8-18-10)19-22(20,21)9-11-5-2-3-6-12(11)14(15,16)17/h2-3,5-6,10,13,18-19H,4,7-9H2,1H3. The van der Waals surface area contributed by atoms with Crippen LogP contribution in [-0.2, 0) is 22.0 Å². The van der Waals surface area contributed by atoms with Gasteiger partial charge in [-0.05, 0) is 37.9 Å². The maximum absolute atomic E-state index is 12.9. The van der Waals surface area contributed by atoms with Gasteiger partial charge in [0.2, 0.25) is 10.0 Å². The van der Waals surface area contributed by atoms with Crippen molar-refractivity contribution in [1.82, 2.24) is 10.0 Å². The molecule has 1 saturated heterocycles. The van der Waals surface area contributed by atoms with Crippen molar-refractivity contribution in [2.75, 3.05) is 6.54 Å². The summed E-state index contributed by atoms with van der Waals surface area (Å²) in [6.07, 6.45) is -3.06. The van der Waals surface area contributed by atoms with Crippen molar-refractivity contribution in [1.29, 1.82) is 0 Å². The number of hydrogen-bond acceptors (Lipinski definition) is 3. The quantitative estimate of drug-likeness (QED) is 0.887. The first-order valence-corrected chi connectivity index (χ1v) is 8.73. The largest absolute Gasteiger partial charge is 0.416 e. The molecular weight excluding hydrogens is 317 g/mol. The van der Waals surface area contributed by atoms with Gasteiger partial charge >= 0.3 is 6.18 Å². The van der Waals surface area contributed by atoms with Crippen LogP contribution >= 0.6 is 0 Å². The van der Waals surface area contributed by atoms with E-state index >= 15 is 0 Å². The third-order valence-corrected chi connectivity index (χ3v) is 5.11. The van der Waals surface area contributed by atoms with Crippen LogP contribution in [-0.4, -0.2) is 27.0 Å². The predicted octanol–water partition coefficient (Wildman–Crippen LogP) is 2.27. The summed E-state index contributed by atoms with van der Waals surface area (Å²) in [4.78, 5) is 0. The molecule has 2 rings (SSSR count). The lowest BCUT2D eigenvalue weighted by molar-refractivity contribution is -0.138. The first-order valence-electron chi connectivity index (χ1n) is 7.07. The van der Waals surface area contributed by atoms with E-state index in [-0.39, 0.29) is 17.6 Å². The van der Waals surface area contributed by atoms with E-state index in [0.717, 1.165) is 19.0 Å². The highest BCUT2D eigenvalue weighted by Crippen LogP contribution is 2.32. The molecule has 4 nitrogen and oxygen atoms in total. The van der Waals surface area contributed by atoms with Crippen LogP contribution in [0.15, 0.2) is 24.3 Å². The van der Waals surface area contributed by atoms with Gasteiger partial charge in [-0.1, -0.05) is 18.2 Å². The average Bonchev–Trinajstić information content (AvgIpc) is 2.40. The molecule has 1 aliphatic rings. The number of benzene rings is 1. The zero-order valence-corrected chi connectivity index (χ0v) is 13.0. The first kappa shape index (κ1) is 17.2. The minimum atomic E-state index is -4.56. The molecule has 1 fully saturated rings. The molecule has 22 heavy (non-hydrogen) atoms. The molecule has 0 bridgehead atoms. The average molecular weight is 336 g/mol. The van der Waals surface area contributed by atoms with Gasteiger partial charge in [0.25, 0.3) is 0 Å². The summed E-state index contributed by atoms with van der Waals surface area (Å²) in [5.74, 6) is -0.675. The first-order chi connectivity index (χ1) is 10.2. The summed E-state index contributed by atoms with van der Waals surface area (Å²) in [6, 6.07) is 4.42. The summed E-state index contributed by atoms with van der Waals surface area (Å²) in [7, 11) is -3.84. The predicted molar refractivity (Wildman–Crippen MR) is 77.7 cm³/mol. The lowest BCUT2D eigenvalue weighted by Crippen LogP contribution is -2.52. The van der Waals surface area contributed by atoms with Crippen molar-refractivity contribution in [2.24, 2.45) is 0 Å². The van der Waals surface area contributed by atoms with Crippen LogP contribution in [0.2, 0.25) is 0 Å². The molecular formula is C14H19F3N2O2S. The van der Waals surface area contributed by atoms with Gasteiger partial charge in [0.1, 0.15) is 0 Å². The number of piperidine rings is 1. The Hall–Kier alpha value is -1.12. The number of halogens is 3.